The zero-order valence-corrected chi connectivity index (χ0v) is 8.98. The van der Waals surface area contributed by atoms with E-state index >= 15 is 0 Å². The quantitative estimate of drug-likeness (QED) is 0.715. The molecule has 2 heterocycles. The van der Waals surface area contributed by atoms with Gasteiger partial charge in [-0.1, -0.05) is 12.1 Å². The Labute approximate surface area is 97.4 Å². The average molecular weight is 226 g/mol. The normalized spacial score (nSPS) is 10.9. The largest absolute Gasteiger partial charge is 0.390 e. The minimum absolute atomic E-state index is 0.0992. The fourth-order valence-electron chi connectivity index (χ4n) is 1.71. The first-order valence-corrected chi connectivity index (χ1v) is 5.24. The van der Waals surface area contributed by atoms with Gasteiger partial charge in [0.05, 0.1) is 23.3 Å². The summed E-state index contributed by atoms with van der Waals surface area (Å²) in [5.41, 5.74) is 2.46. The second kappa shape index (κ2) is 3.95. The van der Waals surface area contributed by atoms with Crippen molar-refractivity contribution in [3.63, 3.8) is 0 Å². The van der Waals surface area contributed by atoms with Crippen molar-refractivity contribution in [2.24, 2.45) is 0 Å². The third-order valence-corrected chi connectivity index (χ3v) is 2.57. The van der Waals surface area contributed by atoms with Crippen LogP contribution >= 0.6 is 0 Å². The highest BCUT2D eigenvalue weighted by Gasteiger charge is 2.05. The van der Waals surface area contributed by atoms with Gasteiger partial charge in [-0.2, -0.15) is 5.10 Å². The second-order valence-electron chi connectivity index (χ2n) is 3.64. The molecule has 17 heavy (non-hydrogen) atoms. The van der Waals surface area contributed by atoms with E-state index in [0.717, 1.165) is 11.0 Å². The number of para-hydroxylation sites is 2. The van der Waals surface area contributed by atoms with E-state index in [0.29, 0.717) is 11.5 Å². The number of imidazole rings is 1. The predicted octanol–water partition coefficient (Wildman–Crippen LogP) is 1.31. The smallest absolute Gasteiger partial charge is 0.161 e. The van der Waals surface area contributed by atoms with Crippen molar-refractivity contribution in [3.05, 3.63) is 48.4 Å². The molecule has 0 radical (unpaired) electrons. The molecular weight excluding hydrogens is 216 g/mol. The van der Waals surface area contributed by atoms with Gasteiger partial charge in [0.25, 0.3) is 0 Å². The monoisotopic (exact) mass is 226 g/mol. The van der Waals surface area contributed by atoms with Crippen LogP contribution in [0.25, 0.3) is 16.9 Å². The fraction of sp³-hybridized carbons (Fsp3) is 0.0833. The Balaban J connectivity index is 2.13. The molecule has 0 saturated carbocycles. The maximum absolute atomic E-state index is 8.91. The third kappa shape index (κ3) is 1.66. The summed E-state index contributed by atoms with van der Waals surface area (Å²) < 4.78 is 1.86. The van der Waals surface area contributed by atoms with Crippen LogP contribution in [0.1, 0.15) is 5.69 Å². The fourth-order valence-corrected chi connectivity index (χ4v) is 1.71. The van der Waals surface area contributed by atoms with Gasteiger partial charge in [-0.25, -0.2) is 4.98 Å². The van der Waals surface area contributed by atoms with Crippen molar-refractivity contribution < 1.29 is 5.11 Å². The number of benzene rings is 1. The molecule has 1 N–H and O–H groups in total. The third-order valence-electron chi connectivity index (χ3n) is 2.57. The van der Waals surface area contributed by atoms with Crippen molar-refractivity contribution in [1.82, 2.24) is 19.7 Å². The van der Waals surface area contributed by atoms with E-state index in [1.165, 1.54) is 0 Å². The van der Waals surface area contributed by atoms with Crippen molar-refractivity contribution in [2.75, 3.05) is 0 Å². The van der Waals surface area contributed by atoms with Gasteiger partial charge in [-0.05, 0) is 24.3 Å². The van der Waals surface area contributed by atoms with Crippen molar-refractivity contribution >= 4 is 11.0 Å². The number of nitrogens with zero attached hydrogens (tertiary/aromatic N) is 4. The zero-order valence-electron chi connectivity index (χ0n) is 8.98. The summed E-state index contributed by atoms with van der Waals surface area (Å²) in [6.07, 6.45) is 1.72. The molecule has 0 amide bonds. The van der Waals surface area contributed by atoms with Crippen LogP contribution < -0.4 is 0 Å². The van der Waals surface area contributed by atoms with Crippen LogP contribution in [0.4, 0.5) is 0 Å². The highest BCUT2D eigenvalue weighted by molar-refractivity contribution is 5.76. The van der Waals surface area contributed by atoms with Gasteiger partial charge in [0.2, 0.25) is 0 Å². The van der Waals surface area contributed by atoms with E-state index in [1.807, 2.05) is 34.9 Å². The van der Waals surface area contributed by atoms with Crippen LogP contribution in [0.15, 0.2) is 42.7 Å². The van der Waals surface area contributed by atoms with E-state index in [2.05, 4.69) is 15.2 Å². The molecule has 0 fully saturated rings. The molecule has 2 aromatic heterocycles. The highest BCUT2D eigenvalue weighted by Crippen LogP contribution is 2.15. The number of aliphatic hydroxyl groups excluding tert-OH is 1. The van der Waals surface area contributed by atoms with Gasteiger partial charge < -0.3 is 5.11 Å². The van der Waals surface area contributed by atoms with E-state index in [4.69, 9.17) is 5.11 Å². The lowest BCUT2D eigenvalue weighted by molar-refractivity contribution is 0.275. The van der Waals surface area contributed by atoms with Crippen molar-refractivity contribution in [2.45, 2.75) is 6.61 Å². The summed E-state index contributed by atoms with van der Waals surface area (Å²) in [7, 11) is 0. The summed E-state index contributed by atoms with van der Waals surface area (Å²) in [5.74, 6) is 0.691. The lowest BCUT2D eigenvalue weighted by Gasteiger charge is -2.02. The lowest BCUT2D eigenvalue weighted by Crippen LogP contribution is -2.00. The number of hydrogen-bond donors (Lipinski definition) is 1. The van der Waals surface area contributed by atoms with Gasteiger partial charge in [-0.3, -0.25) is 4.57 Å². The topological polar surface area (TPSA) is 63.8 Å². The Morgan fingerprint density at radius 1 is 1.06 bits per heavy atom. The predicted molar refractivity (Wildman–Crippen MR) is 62.6 cm³/mol. The summed E-state index contributed by atoms with van der Waals surface area (Å²) in [6.45, 7) is -0.0992. The molecule has 5 nitrogen and oxygen atoms in total. The van der Waals surface area contributed by atoms with Crippen molar-refractivity contribution in [1.29, 1.82) is 0 Å². The Bertz CT molecular complexity index is 645. The molecule has 0 bridgehead atoms. The van der Waals surface area contributed by atoms with E-state index in [1.54, 1.807) is 12.4 Å². The SMILES string of the molecule is OCc1ccc(-n2cnc3ccccc32)nn1. The molecule has 3 aromatic rings. The first-order chi connectivity index (χ1) is 8.38. The highest BCUT2D eigenvalue weighted by atomic mass is 16.3. The van der Waals surface area contributed by atoms with Crippen LogP contribution in [0.3, 0.4) is 0 Å². The van der Waals surface area contributed by atoms with E-state index in [-0.39, 0.29) is 6.61 Å². The standard InChI is InChI=1S/C12H10N4O/c17-7-9-5-6-12(15-14-9)16-8-13-10-3-1-2-4-11(10)16/h1-6,8,17H,7H2. The molecular formula is C12H10N4O. The van der Waals surface area contributed by atoms with E-state index < -0.39 is 0 Å². The number of aromatic nitrogens is 4. The number of rotatable bonds is 2. The number of aliphatic hydroxyl groups is 1. The molecule has 0 aliphatic rings. The van der Waals surface area contributed by atoms with Gasteiger partial charge >= 0.3 is 0 Å². The van der Waals surface area contributed by atoms with Gasteiger partial charge in [0, 0.05) is 0 Å². The number of hydrogen-bond acceptors (Lipinski definition) is 4. The van der Waals surface area contributed by atoms with Crippen LogP contribution in [-0.4, -0.2) is 24.9 Å². The molecule has 0 aliphatic heterocycles. The van der Waals surface area contributed by atoms with E-state index in [9.17, 15) is 0 Å². The summed E-state index contributed by atoms with van der Waals surface area (Å²) in [4.78, 5) is 4.28. The Morgan fingerprint density at radius 2 is 1.94 bits per heavy atom. The number of fused-ring (bicyclic) bond motifs is 1. The Hall–Kier alpha value is -2.27. The van der Waals surface area contributed by atoms with Crippen molar-refractivity contribution in [3.8, 4) is 5.82 Å². The molecule has 0 spiro atoms. The average Bonchev–Trinajstić information content (AvgIpc) is 2.83. The van der Waals surface area contributed by atoms with Crippen LogP contribution in [0.5, 0.6) is 0 Å². The Kier molecular flexibility index (Phi) is 2.31. The molecule has 1 aromatic carbocycles. The van der Waals surface area contributed by atoms with Crippen LogP contribution in [0.2, 0.25) is 0 Å². The first kappa shape index (κ1) is 9.92. The van der Waals surface area contributed by atoms with Gasteiger partial charge in [-0.15, -0.1) is 5.10 Å². The van der Waals surface area contributed by atoms with Crippen LogP contribution in [0, 0.1) is 0 Å². The molecule has 0 saturated heterocycles. The lowest BCUT2D eigenvalue weighted by atomic mass is 10.3. The molecule has 0 unspecified atom stereocenters. The summed E-state index contributed by atoms with van der Waals surface area (Å²) >= 11 is 0. The first-order valence-electron chi connectivity index (χ1n) is 5.24. The zero-order chi connectivity index (χ0) is 11.7. The molecule has 3 rings (SSSR count). The summed E-state index contributed by atoms with van der Waals surface area (Å²) in [6, 6.07) is 11.4. The molecule has 0 aliphatic carbocycles. The molecule has 0 atom stereocenters. The van der Waals surface area contributed by atoms with Gasteiger partial charge in [0.15, 0.2) is 5.82 Å². The second-order valence-corrected chi connectivity index (χ2v) is 3.64. The molecule has 5 heteroatoms. The maximum Gasteiger partial charge on any atom is 0.161 e. The van der Waals surface area contributed by atoms with Gasteiger partial charge in [0.1, 0.15) is 6.33 Å². The summed E-state index contributed by atoms with van der Waals surface area (Å²) in [5, 5.41) is 16.9. The Morgan fingerprint density at radius 3 is 2.71 bits per heavy atom. The minimum atomic E-state index is -0.0992. The van der Waals surface area contributed by atoms with Crippen LogP contribution in [-0.2, 0) is 6.61 Å². The minimum Gasteiger partial charge on any atom is -0.390 e. The molecule has 84 valence electrons. The maximum atomic E-state index is 8.91.